The maximum atomic E-state index is 14.4. The Morgan fingerprint density at radius 3 is 2.30 bits per heavy atom. The van der Waals surface area contributed by atoms with Crippen LogP contribution in [0.2, 0.25) is 0 Å². The molecule has 0 spiro atoms. The van der Waals surface area contributed by atoms with Crippen molar-refractivity contribution < 1.29 is 31.9 Å². The van der Waals surface area contributed by atoms with E-state index in [0.717, 1.165) is 39.2 Å². The molecule has 1 unspecified atom stereocenters. The Morgan fingerprint density at radius 2 is 1.70 bits per heavy atom. The molecule has 1 N–H and O–H groups in total. The Bertz CT molecular complexity index is 1150. The molecule has 0 radical (unpaired) electrons. The van der Waals surface area contributed by atoms with E-state index in [0.29, 0.717) is 5.69 Å². The summed E-state index contributed by atoms with van der Waals surface area (Å²) >= 11 is 0. The van der Waals surface area contributed by atoms with E-state index in [1.54, 1.807) is 0 Å². The average Bonchev–Trinajstić information content (AvgIpc) is 2.76. The van der Waals surface area contributed by atoms with E-state index < -0.39 is 38.7 Å². The summed E-state index contributed by atoms with van der Waals surface area (Å²) in [5.41, 5.74) is 3.26. The minimum atomic E-state index is -4.16. The van der Waals surface area contributed by atoms with Gasteiger partial charge in [-0.25, -0.2) is 17.6 Å². The predicted molar refractivity (Wildman–Crippen MR) is 120 cm³/mol. The molecule has 1 amide bonds. The third kappa shape index (κ3) is 5.58. The summed E-state index contributed by atoms with van der Waals surface area (Å²) in [5, 5.41) is 2.76. The quantitative estimate of drug-likeness (QED) is 0.641. The van der Waals surface area contributed by atoms with Crippen LogP contribution in [0, 0.1) is 26.6 Å². The zero-order chi connectivity index (χ0) is 24.3. The number of hydrogen-bond acceptors (Lipinski definition) is 6. The van der Waals surface area contributed by atoms with Crippen LogP contribution in [0.3, 0.4) is 0 Å². The monoisotopic (exact) mass is 478 g/mol. The number of carbonyl (C=O) groups is 2. The van der Waals surface area contributed by atoms with Crippen LogP contribution < -0.4 is 5.32 Å². The molecule has 2 aromatic rings. The second-order valence-electron chi connectivity index (χ2n) is 7.97. The summed E-state index contributed by atoms with van der Waals surface area (Å²) in [4.78, 5) is 24.6. The minimum absolute atomic E-state index is 0.0888. The molecule has 2 aromatic carbocycles. The van der Waals surface area contributed by atoms with Gasteiger partial charge in [0.05, 0.1) is 18.8 Å². The van der Waals surface area contributed by atoms with Gasteiger partial charge in [0.25, 0.3) is 5.91 Å². The number of halogens is 1. The first-order chi connectivity index (χ1) is 15.5. The number of amides is 1. The van der Waals surface area contributed by atoms with Crippen molar-refractivity contribution in [2.75, 3.05) is 31.6 Å². The Kier molecular flexibility index (Phi) is 7.51. The first-order valence-corrected chi connectivity index (χ1v) is 11.9. The molecule has 1 aliphatic heterocycles. The molecule has 1 aliphatic rings. The van der Waals surface area contributed by atoms with Crippen LogP contribution in [-0.4, -0.2) is 57.0 Å². The number of ether oxygens (including phenoxy) is 2. The van der Waals surface area contributed by atoms with Gasteiger partial charge in [-0.05, 0) is 57.0 Å². The van der Waals surface area contributed by atoms with Crippen LogP contribution >= 0.6 is 0 Å². The number of anilines is 1. The second kappa shape index (κ2) is 9.98. The highest BCUT2D eigenvalue weighted by Crippen LogP contribution is 2.24. The highest BCUT2D eigenvalue weighted by atomic mass is 32.2. The predicted octanol–water partition coefficient (Wildman–Crippen LogP) is 2.96. The fourth-order valence-corrected chi connectivity index (χ4v) is 5.14. The fraction of sp³-hybridized carbons (Fsp3) is 0.391. The maximum Gasteiger partial charge on any atom is 0.338 e. The summed E-state index contributed by atoms with van der Waals surface area (Å²) in [5.74, 6) is -2.45. The van der Waals surface area contributed by atoms with Crippen LogP contribution in [0.25, 0.3) is 0 Å². The van der Waals surface area contributed by atoms with E-state index in [1.165, 1.54) is 6.92 Å². The Morgan fingerprint density at radius 1 is 1.09 bits per heavy atom. The van der Waals surface area contributed by atoms with Crippen molar-refractivity contribution in [2.45, 2.75) is 38.7 Å². The minimum Gasteiger partial charge on any atom is -0.449 e. The molecule has 33 heavy (non-hydrogen) atoms. The van der Waals surface area contributed by atoms with Crippen LogP contribution in [-0.2, 0) is 24.3 Å². The molecule has 0 aliphatic carbocycles. The van der Waals surface area contributed by atoms with Gasteiger partial charge in [0.15, 0.2) is 6.10 Å². The Labute approximate surface area is 192 Å². The molecule has 3 rings (SSSR count). The number of carbonyl (C=O) groups excluding carboxylic acids is 2. The number of aryl methyl sites for hydroxylation is 3. The van der Waals surface area contributed by atoms with E-state index in [-0.39, 0.29) is 31.9 Å². The third-order valence-electron chi connectivity index (χ3n) is 5.33. The standard InChI is InChI=1S/C23H27FN2O6S/c1-14-11-15(2)21(16(3)12-14)25-22(27)17(4)32-23(28)18-5-6-19(24)20(13-18)33(29,30)26-7-9-31-10-8-26/h5-6,11-13,17H,7-10H2,1-4H3,(H,25,27). The molecule has 0 saturated carbocycles. The Balaban J connectivity index is 1.75. The van der Waals surface area contributed by atoms with E-state index in [2.05, 4.69) is 5.32 Å². The van der Waals surface area contributed by atoms with Crippen LogP contribution in [0.1, 0.15) is 34.0 Å². The number of nitrogens with zero attached hydrogens (tertiary/aromatic N) is 1. The van der Waals surface area contributed by atoms with Crippen molar-refractivity contribution in [3.63, 3.8) is 0 Å². The number of esters is 1. The van der Waals surface area contributed by atoms with E-state index in [1.807, 2.05) is 32.9 Å². The number of morpholine rings is 1. The zero-order valence-electron chi connectivity index (χ0n) is 19.0. The van der Waals surface area contributed by atoms with Crippen LogP contribution in [0.5, 0.6) is 0 Å². The smallest absolute Gasteiger partial charge is 0.338 e. The van der Waals surface area contributed by atoms with Gasteiger partial charge in [-0.3, -0.25) is 4.79 Å². The molecular weight excluding hydrogens is 451 g/mol. The van der Waals surface area contributed by atoms with Gasteiger partial charge >= 0.3 is 5.97 Å². The van der Waals surface area contributed by atoms with E-state index >= 15 is 0 Å². The average molecular weight is 479 g/mol. The highest BCUT2D eigenvalue weighted by molar-refractivity contribution is 7.89. The molecule has 1 atom stereocenters. The molecule has 0 aromatic heterocycles. The van der Waals surface area contributed by atoms with Crippen molar-refractivity contribution >= 4 is 27.6 Å². The number of benzene rings is 2. The van der Waals surface area contributed by atoms with Gasteiger partial charge in [-0.2, -0.15) is 4.31 Å². The lowest BCUT2D eigenvalue weighted by Gasteiger charge is -2.26. The number of nitrogens with one attached hydrogen (secondary N) is 1. The fourth-order valence-electron chi connectivity index (χ4n) is 3.64. The second-order valence-corrected chi connectivity index (χ2v) is 9.88. The van der Waals surface area contributed by atoms with Gasteiger partial charge in [-0.1, -0.05) is 17.7 Å². The molecule has 8 nitrogen and oxygen atoms in total. The molecule has 178 valence electrons. The number of sulfonamides is 1. The van der Waals surface area contributed by atoms with Crippen molar-refractivity contribution in [3.05, 3.63) is 58.4 Å². The van der Waals surface area contributed by atoms with Gasteiger partial charge in [-0.15, -0.1) is 0 Å². The van der Waals surface area contributed by atoms with Crippen molar-refractivity contribution in [1.82, 2.24) is 4.31 Å². The number of hydrogen-bond donors (Lipinski definition) is 1. The van der Waals surface area contributed by atoms with Crippen molar-refractivity contribution in [1.29, 1.82) is 0 Å². The van der Waals surface area contributed by atoms with Gasteiger partial charge < -0.3 is 14.8 Å². The largest absolute Gasteiger partial charge is 0.449 e. The summed E-state index contributed by atoms with van der Waals surface area (Å²) in [6, 6.07) is 6.80. The van der Waals surface area contributed by atoms with E-state index in [4.69, 9.17) is 9.47 Å². The topological polar surface area (TPSA) is 102 Å². The zero-order valence-corrected chi connectivity index (χ0v) is 19.8. The van der Waals surface area contributed by atoms with Gasteiger partial charge in [0.2, 0.25) is 10.0 Å². The molecular formula is C23H27FN2O6S. The van der Waals surface area contributed by atoms with Crippen LogP contribution in [0.4, 0.5) is 10.1 Å². The molecule has 0 bridgehead atoms. The summed E-state index contributed by atoms with van der Waals surface area (Å²) < 4.78 is 51.5. The Hall–Kier alpha value is -2.82. The third-order valence-corrected chi connectivity index (χ3v) is 7.25. The SMILES string of the molecule is Cc1cc(C)c(NC(=O)C(C)OC(=O)c2ccc(F)c(S(=O)(=O)N3CCOCC3)c2)c(C)c1. The summed E-state index contributed by atoms with van der Waals surface area (Å²) in [6.45, 7) is 7.66. The van der Waals surface area contributed by atoms with Crippen molar-refractivity contribution in [3.8, 4) is 0 Å². The molecule has 10 heteroatoms. The first-order valence-electron chi connectivity index (χ1n) is 10.5. The molecule has 1 saturated heterocycles. The molecule has 1 heterocycles. The summed E-state index contributed by atoms with van der Waals surface area (Å²) in [6.07, 6.45) is -1.16. The lowest BCUT2D eigenvalue weighted by Crippen LogP contribution is -2.41. The van der Waals surface area contributed by atoms with Gasteiger partial charge in [0.1, 0.15) is 10.7 Å². The number of rotatable bonds is 6. The van der Waals surface area contributed by atoms with E-state index in [9.17, 15) is 22.4 Å². The van der Waals surface area contributed by atoms with Gasteiger partial charge in [0, 0.05) is 18.8 Å². The lowest BCUT2D eigenvalue weighted by atomic mass is 10.0. The van der Waals surface area contributed by atoms with Crippen LogP contribution in [0.15, 0.2) is 35.2 Å². The normalized spacial score (nSPS) is 15.7. The highest BCUT2D eigenvalue weighted by Gasteiger charge is 2.30. The maximum absolute atomic E-state index is 14.4. The molecule has 1 fully saturated rings. The summed E-state index contributed by atoms with van der Waals surface area (Å²) in [7, 11) is -4.16. The first kappa shape index (κ1) is 24.8. The van der Waals surface area contributed by atoms with Crippen molar-refractivity contribution in [2.24, 2.45) is 0 Å². The lowest BCUT2D eigenvalue weighted by molar-refractivity contribution is -0.123.